The number of hydrogen-bond acceptors (Lipinski definition) is 16. The van der Waals surface area contributed by atoms with E-state index < -0.39 is 83.5 Å². The van der Waals surface area contributed by atoms with Crippen LogP contribution in [0.3, 0.4) is 0 Å². The van der Waals surface area contributed by atoms with Crippen molar-refractivity contribution in [2.24, 2.45) is 0 Å². The number of carbonyl (C=O) groups is 2. The number of aliphatic hydroxyl groups is 4. The molecule has 374 valence electrons. The Morgan fingerprint density at radius 3 is 1.18 bits per heavy atom. The highest BCUT2D eigenvalue weighted by Crippen LogP contribution is 2.49. The molecule has 21 heteroatoms. The van der Waals surface area contributed by atoms with Crippen LogP contribution in [0.4, 0.5) is 0 Å². The van der Waals surface area contributed by atoms with E-state index in [-0.39, 0.29) is 31.3 Å². The molecule has 1 aliphatic rings. The molecule has 0 amide bonds. The van der Waals surface area contributed by atoms with E-state index in [0.717, 1.165) is 51.4 Å². The van der Waals surface area contributed by atoms with Crippen LogP contribution in [0.1, 0.15) is 194 Å². The molecule has 1 fully saturated rings. The first-order chi connectivity index (χ1) is 28.1. The highest BCUT2D eigenvalue weighted by molar-refractivity contribution is 7.47. The summed E-state index contributed by atoms with van der Waals surface area (Å²) in [6, 6.07) is 0. The fourth-order valence-electron chi connectivity index (χ4n) is 7.14. The van der Waals surface area contributed by atoms with Crippen molar-refractivity contribution in [3.05, 3.63) is 0 Å². The fraction of sp³-hybridized carbons (Fsp3) is 0.951. The number of phosphoric acid groups is 2. The maximum absolute atomic E-state index is 12.9. The summed E-state index contributed by atoms with van der Waals surface area (Å²) in [7, 11) is -10.6. The summed E-state index contributed by atoms with van der Waals surface area (Å²) in [5.41, 5.74) is 0. The Bertz CT molecular complexity index is 1190. The predicted octanol–water partition coefficient (Wildman–Crippen LogP) is 8.33. The Balaban J connectivity index is -0.0000116. The molecule has 0 aromatic rings. The zero-order valence-electron chi connectivity index (χ0n) is 38.1. The summed E-state index contributed by atoms with van der Waals surface area (Å²) < 4.78 is 49.3. The molecule has 1 rings (SSSR count). The van der Waals surface area contributed by atoms with Crippen molar-refractivity contribution in [1.29, 1.82) is 0 Å². The zero-order valence-corrected chi connectivity index (χ0v) is 39.9. The number of ether oxygens (including phenoxy) is 2. The first kappa shape index (κ1) is 65.2. The third kappa shape index (κ3) is 32.5. The number of rotatable bonds is 38. The van der Waals surface area contributed by atoms with Crippen LogP contribution in [-0.4, -0.2) is 103 Å². The van der Waals surface area contributed by atoms with Crippen LogP contribution >= 0.6 is 15.6 Å². The van der Waals surface area contributed by atoms with Gasteiger partial charge in [-0.1, -0.05) is 168 Å². The van der Waals surface area contributed by atoms with E-state index in [0.29, 0.717) is 12.8 Å². The van der Waals surface area contributed by atoms with Crippen molar-refractivity contribution >= 4 is 27.6 Å². The molecule has 1 saturated carbocycles. The van der Waals surface area contributed by atoms with Crippen LogP contribution in [0.5, 0.6) is 0 Å². The van der Waals surface area contributed by atoms with E-state index in [2.05, 4.69) is 18.4 Å². The van der Waals surface area contributed by atoms with Crippen molar-refractivity contribution in [3.8, 4) is 0 Å². The molecule has 62 heavy (non-hydrogen) atoms. The number of esters is 2. The maximum Gasteiger partial charge on any atom is 0.472 e. The van der Waals surface area contributed by atoms with E-state index in [1.807, 2.05) is 0 Å². The topological polar surface area (TPSA) is 361 Å². The molecule has 1 unspecified atom stereocenters. The quantitative estimate of drug-likeness (QED) is 0.0158. The van der Waals surface area contributed by atoms with E-state index in [1.165, 1.54) is 103 Å². The van der Waals surface area contributed by atoms with Gasteiger partial charge in [0.25, 0.3) is 0 Å². The van der Waals surface area contributed by atoms with Gasteiger partial charge in [0.15, 0.2) is 6.10 Å². The number of unbranched alkanes of at least 4 members (excludes halogenated alkanes) is 24. The zero-order chi connectivity index (χ0) is 43.9. The fourth-order valence-corrected chi connectivity index (χ4v) is 8.68. The van der Waals surface area contributed by atoms with E-state index >= 15 is 0 Å². The molecule has 19 nitrogen and oxygen atoms in total. The standard InChI is InChI=1S/C41H80O16P2.3H3N/c1-3-5-7-9-11-13-15-17-19-21-23-25-27-29-34(42)53-31-33(55-35(43)30-28-26-24-22-20-18-16-14-12-10-8-6-4-2)32-54-59(51,52)57-41-38(46)36(44)37(45)40(39(41)47)56-58(48,49)50;;;/h33,36-41,44-47H,3-32H2,1-2H3,(H,51,52)(H2,48,49,50);3*1H3/t33-,36+,37+,38-,39-,40-,41+;;;/m1.../s1. The largest absolute Gasteiger partial charge is 0.472 e. The number of hydrogen-bond donors (Lipinski definition) is 10. The lowest BCUT2D eigenvalue weighted by molar-refractivity contribution is -0.216. The molecule has 0 aliphatic heterocycles. The second kappa shape index (κ2) is 39.1. The van der Waals surface area contributed by atoms with Gasteiger partial charge in [0.2, 0.25) is 0 Å². The SMILES string of the molecule is CCCCCCCCCCCCCCCC(=O)OC[C@H](COP(=O)(O)O[C@@H]1[C@H](O)[C@H](OP(=O)(O)O)[C@@H](O)[C@H](O)[C@H]1O)OC(=O)CCCCCCCCCCCCCCC.N.N.N. The molecule has 16 N–H and O–H groups in total. The summed E-state index contributed by atoms with van der Waals surface area (Å²) in [5.74, 6) is -1.19. The van der Waals surface area contributed by atoms with Crippen molar-refractivity contribution in [2.75, 3.05) is 13.2 Å². The molecule has 0 aromatic carbocycles. The van der Waals surface area contributed by atoms with Gasteiger partial charge in [-0.15, -0.1) is 0 Å². The minimum Gasteiger partial charge on any atom is -0.462 e. The lowest BCUT2D eigenvalue weighted by Crippen LogP contribution is -2.64. The number of phosphoric ester groups is 2. The van der Waals surface area contributed by atoms with Crippen molar-refractivity contribution in [1.82, 2.24) is 18.5 Å². The van der Waals surface area contributed by atoms with Crippen LogP contribution in [-0.2, 0) is 41.8 Å². The number of aliphatic hydroxyl groups excluding tert-OH is 4. The summed E-state index contributed by atoms with van der Waals surface area (Å²) in [6.07, 6.45) is 15.0. The van der Waals surface area contributed by atoms with Crippen LogP contribution in [0.2, 0.25) is 0 Å². The van der Waals surface area contributed by atoms with Crippen LogP contribution in [0, 0.1) is 0 Å². The lowest BCUT2D eigenvalue weighted by Gasteiger charge is -2.43. The Morgan fingerprint density at radius 2 is 0.806 bits per heavy atom. The summed E-state index contributed by atoms with van der Waals surface area (Å²) in [4.78, 5) is 54.1. The van der Waals surface area contributed by atoms with Crippen LogP contribution < -0.4 is 18.5 Å². The summed E-state index contributed by atoms with van der Waals surface area (Å²) in [5, 5.41) is 41.1. The van der Waals surface area contributed by atoms with E-state index in [4.69, 9.17) is 28.3 Å². The van der Waals surface area contributed by atoms with Gasteiger partial charge in [0, 0.05) is 12.8 Å². The van der Waals surface area contributed by atoms with Crippen molar-refractivity contribution in [2.45, 2.75) is 236 Å². The third-order valence-electron chi connectivity index (χ3n) is 10.7. The Morgan fingerprint density at radius 1 is 0.468 bits per heavy atom. The molecular formula is C41H89N3O16P2. The molecule has 1 aliphatic carbocycles. The van der Waals surface area contributed by atoms with Gasteiger partial charge in [-0.2, -0.15) is 0 Å². The predicted molar refractivity (Wildman–Crippen MR) is 238 cm³/mol. The first-order valence-corrected chi connectivity index (χ1v) is 25.6. The van der Waals surface area contributed by atoms with E-state index in [9.17, 15) is 44.0 Å². The highest BCUT2D eigenvalue weighted by Gasteiger charge is 2.54. The van der Waals surface area contributed by atoms with Gasteiger partial charge in [0.1, 0.15) is 43.2 Å². The third-order valence-corrected chi connectivity index (χ3v) is 12.2. The van der Waals surface area contributed by atoms with Gasteiger partial charge < -0.3 is 63.0 Å². The average molecular weight is 942 g/mol. The average Bonchev–Trinajstić information content (AvgIpc) is 3.18. The van der Waals surface area contributed by atoms with Gasteiger partial charge in [-0.05, 0) is 12.8 Å². The Kier molecular flexibility index (Phi) is 41.1. The molecule has 0 radical (unpaired) electrons. The van der Waals surface area contributed by atoms with E-state index in [1.54, 1.807) is 0 Å². The minimum atomic E-state index is -5.35. The Hall–Kier alpha value is -1.12. The smallest absolute Gasteiger partial charge is 0.462 e. The molecule has 0 spiro atoms. The van der Waals surface area contributed by atoms with Crippen molar-refractivity contribution < 1.29 is 76.9 Å². The van der Waals surface area contributed by atoms with Crippen LogP contribution in [0.15, 0.2) is 0 Å². The Labute approximate surface area is 371 Å². The normalized spacial score (nSPS) is 21.4. The molecule has 0 saturated heterocycles. The van der Waals surface area contributed by atoms with Crippen LogP contribution in [0.25, 0.3) is 0 Å². The lowest BCUT2D eigenvalue weighted by atomic mass is 9.85. The van der Waals surface area contributed by atoms with Gasteiger partial charge in [-0.25, -0.2) is 9.13 Å². The first-order valence-electron chi connectivity index (χ1n) is 22.6. The monoisotopic (exact) mass is 942 g/mol. The highest BCUT2D eigenvalue weighted by atomic mass is 31.2. The second-order valence-corrected chi connectivity index (χ2v) is 18.7. The molecule has 0 heterocycles. The number of carbonyl (C=O) groups excluding carboxylic acids is 2. The second-order valence-electron chi connectivity index (χ2n) is 16.1. The van der Waals surface area contributed by atoms with Crippen molar-refractivity contribution in [3.63, 3.8) is 0 Å². The summed E-state index contributed by atoms with van der Waals surface area (Å²) in [6.45, 7) is 3.11. The summed E-state index contributed by atoms with van der Waals surface area (Å²) >= 11 is 0. The molecular weight excluding hydrogens is 852 g/mol. The van der Waals surface area contributed by atoms with Gasteiger partial charge in [-0.3, -0.25) is 23.2 Å². The maximum atomic E-state index is 12.9. The molecule has 0 bridgehead atoms. The molecule has 8 atom stereocenters. The minimum absolute atomic E-state index is 0. The molecule has 0 aromatic heterocycles. The van der Waals surface area contributed by atoms with Gasteiger partial charge >= 0.3 is 27.6 Å². The van der Waals surface area contributed by atoms with Gasteiger partial charge in [0.05, 0.1) is 6.61 Å².